The summed E-state index contributed by atoms with van der Waals surface area (Å²) >= 11 is 0. The number of nitrogens with one attached hydrogen (secondary N) is 1. The maximum Gasteiger partial charge on any atom is 0.229 e. The molecule has 122 valence electrons. The van der Waals surface area contributed by atoms with Crippen molar-refractivity contribution in [3.63, 3.8) is 0 Å². The van der Waals surface area contributed by atoms with Gasteiger partial charge in [0.25, 0.3) is 0 Å². The van der Waals surface area contributed by atoms with Gasteiger partial charge in [-0.15, -0.1) is 5.10 Å². The number of ether oxygens (including phenoxy) is 1. The summed E-state index contributed by atoms with van der Waals surface area (Å²) in [7, 11) is 0. The molecule has 1 aromatic carbocycles. The van der Waals surface area contributed by atoms with Gasteiger partial charge < -0.3 is 10.1 Å². The summed E-state index contributed by atoms with van der Waals surface area (Å²) in [5.74, 6) is 0.536. The highest BCUT2D eigenvalue weighted by Crippen LogP contribution is 2.28. The second-order valence-corrected chi connectivity index (χ2v) is 5.99. The number of tetrazole rings is 1. The zero-order valence-electron chi connectivity index (χ0n) is 13.4. The van der Waals surface area contributed by atoms with E-state index in [1.165, 1.54) is 0 Å². The summed E-state index contributed by atoms with van der Waals surface area (Å²) in [6.45, 7) is 5.25. The Bertz CT molecular complexity index is 677. The van der Waals surface area contributed by atoms with Crippen LogP contribution in [0.25, 0.3) is 11.4 Å². The molecule has 0 aliphatic carbocycles. The monoisotopic (exact) mass is 315 g/mol. The van der Waals surface area contributed by atoms with E-state index >= 15 is 0 Å². The van der Waals surface area contributed by atoms with Crippen molar-refractivity contribution in [3.05, 3.63) is 24.3 Å². The molecule has 1 unspecified atom stereocenters. The van der Waals surface area contributed by atoms with E-state index in [-0.39, 0.29) is 17.9 Å². The molecule has 1 amide bonds. The van der Waals surface area contributed by atoms with Crippen LogP contribution in [0.3, 0.4) is 0 Å². The molecule has 1 N–H and O–H groups in total. The second-order valence-electron chi connectivity index (χ2n) is 5.99. The molecule has 0 saturated carbocycles. The third-order valence-corrected chi connectivity index (χ3v) is 3.94. The Kier molecular flexibility index (Phi) is 4.66. The van der Waals surface area contributed by atoms with Gasteiger partial charge in [0, 0.05) is 12.2 Å². The summed E-state index contributed by atoms with van der Waals surface area (Å²) in [6.07, 6.45) is 1.78. The lowest BCUT2D eigenvalue weighted by atomic mass is 10.0. The van der Waals surface area contributed by atoms with Crippen LogP contribution in [0.2, 0.25) is 0 Å². The first-order chi connectivity index (χ1) is 11.2. The van der Waals surface area contributed by atoms with Crippen LogP contribution in [0.15, 0.2) is 24.3 Å². The standard InChI is InChI=1S/C16H21N5O2/c1-11(2)21-15(18-19-20-21)13-7-3-4-8-14(13)17-16(22)12-6-5-9-23-10-12/h3-4,7-8,11-12H,5-6,9-10H2,1-2H3,(H,17,22). The average molecular weight is 315 g/mol. The number of nitrogens with zero attached hydrogens (tertiary/aromatic N) is 4. The summed E-state index contributed by atoms with van der Waals surface area (Å²) < 4.78 is 7.14. The van der Waals surface area contributed by atoms with Crippen LogP contribution in [0.1, 0.15) is 32.7 Å². The van der Waals surface area contributed by atoms with Crippen molar-refractivity contribution in [2.75, 3.05) is 18.5 Å². The van der Waals surface area contributed by atoms with E-state index in [0.717, 1.165) is 30.7 Å². The summed E-state index contributed by atoms with van der Waals surface area (Å²) in [5, 5.41) is 14.9. The van der Waals surface area contributed by atoms with Gasteiger partial charge in [-0.25, -0.2) is 4.68 Å². The Hall–Kier alpha value is -2.28. The Morgan fingerprint density at radius 1 is 1.39 bits per heavy atom. The smallest absolute Gasteiger partial charge is 0.229 e. The van der Waals surface area contributed by atoms with Gasteiger partial charge in [-0.2, -0.15) is 0 Å². The van der Waals surface area contributed by atoms with Gasteiger partial charge in [0.15, 0.2) is 5.82 Å². The maximum absolute atomic E-state index is 12.5. The van der Waals surface area contributed by atoms with E-state index in [1.54, 1.807) is 4.68 Å². The molecule has 0 spiro atoms. The van der Waals surface area contributed by atoms with Crippen LogP contribution in [-0.2, 0) is 9.53 Å². The molecule has 2 aromatic rings. The van der Waals surface area contributed by atoms with Crippen LogP contribution in [0.4, 0.5) is 5.69 Å². The first-order valence-electron chi connectivity index (χ1n) is 7.92. The van der Waals surface area contributed by atoms with Crippen molar-refractivity contribution >= 4 is 11.6 Å². The number of para-hydroxylation sites is 1. The van der Waals surface area contributed by atoms with Gasteiger partial charge in [0.2, 0.25) is 5.91 Å². The number of carbonyl (C=O) groups is 1. The van der Waals surface area contributed by atoms with Gasteiger partial charge in [0.1, 0.15) is 0 Å². The molecule has 7 heteroatoms. The number of rotatable bonds is 4. The SMILES string of the molecule is CC(C)n1nnnc1-c1ccccc1NC(=O)C1CCCOC1. The minimum atomic E-state index is -0.0992. The highest BCUT2D eigenvalue weighted by Gasteiger charge is 2.23. The molecule has 7 nitrogen and oxygen atoms in total. The molecule has 0 bridgehead atoms. The number of carbonyl (C=O) groups excluding carboxylic acids is 1. The predicted octanol–water partition coefficient (Wildman–Crippen LogP) is 2.29. The van der Waals surface area contributed by atoms with E-state index in [1.807, 2.05) is 38.1 Å². The minimum Gasteiger partial charge on any atom is -0.381 e. The fourth-order valence-electron chi connectivity index (χ4n) is 2.69. The first-order valence-corrected chi connectivity index (χ1v) is 7.92. The first kappa shape index (κ1) is 15.6. The molecular formula is C16H21N5O2. The number of amides is 1. The molecule has 0 radical (unpaired) electrons. The molecular weight excluding hydrogens is 294 g/mol. The van der Waals surface area contributed by atoms with Gasteiger partial charge in [-0.3, -0.25) is 4.79 Å². The van der Waals surface area contributed by atoms with Crippen LogP contribution in [0, 0.1) is 5.92 Å². The zero-order chi connectivity index (χ0) is 16.2. The Balaban J connectivity index is 1.86. The third-order valence-electron chi connectivity index (χ3n) is 3.94. The number of aromatic nitrogens is 4. The minimum absolute atomic E-state index is 0.0132. The predicted molar refractivity (Wildman–Crippen MR) is 85.8 cm³/mol. The van der Waals surface area contributed by atoms with Crippen molar-refractivity contribution in [2.45, 2.75) is 32.7 Å². The summed E-state index contributed by atoms with van der Waals surface area (Å²) in [4.78, 5) is 12.5. The van der Waals surface area contributed by atoms with Crippen LogP contribution in [-0.4, -0.2) is 39.3 Å². The Labute approximate surface area is 135 Å². The van der Waals surface area contributed by atoms with Crippen molar-refractivity contribution in [3.8, 4) is 11.4 Å². The molecule has 2 heterocycles. The average Bonchev–Trinajstić information content (AvgIpc) is 3.06. The third kappa shape index (κ3) is 3.39. The fourth-order valence-corrected chi connectivity index (χ4v) is 2.69. The summed E-state index contributed by atoms with van der Waals surface area (Å²) in [5.41, 5.74) is 1.54. The topological polar surface area (TPSA) is 81.9 Å². The van der Waals surface area contributed by atoms with Crippen LogP contribution < -0.4 is 5.32 Å². The van der Waals surface area contributed by atoms with E-state index in [0.29, 0.717) is 12.4 Å². The van der Waals surface area contributed by atoms with Crippen LogP contribution in [0.5, 0.6) is 0 Å². The second kappa shape index (κ2) is 6.87. The van der Waals surface area contributed by atoms with Crippen molar-refractivity contribution in [1.29, 1.82) is 0 Å². The number of hydrogen-bond donors (Lipinski definition) is 1. The molecule has 1 saturated heterocycles. The highest BCUT2D eigenvalue weighted by molar-refractivity contribution is 5.96. The lowest BCUT2D eigenvalue weighted by Crippen LogP contribution is -2.30. The van der Waals surface area contributed by atoms with E-state index < -0.39 is 0 Å². The molecule has 1 aromatic heterocycles. The zero-order valence-corrected chi connectivity index (χ0v) is 13.4. The number of hydrogen-bond acceptors (Lipinski definition) is 5. The number of benzene rings is 1. The molecule has 3 rings (SSSR count). The van der Waals surface area contributed by atoms with Gasteiger partial charge in [0.05, 0.1) is 24.3 Å². The summed E-state index contributed by atoms with van der Waals surface area (Å²) in [6, 6.07) is 7.72. The Morgan fingerprint density at radius 2 is 2.22 bits per heavy atom. The maximum atomic E-state index is 12.5. The van der Waals surface area contributed by atoms with Crippen LogP contribution >= 0.6 is 0 Å². The van der Waals surface area contributed by atoms with Gasteiger partial charge in [-0.05, 0) is 49.2 Å². The van der Waals surface area contributed by atoms with E-state index in [2.05, 4.69) is 20.8 Å². The molecule has 1 fully saturated rings. The van der Waals surface area contributed by atoms with Crippen molar-refractivity contribution in [1.82, 2.24) is 20.2 Å². The largest absolute Gasteiger partial charge is 0.381 e. The quantitative estimate of drug-likeness (QED) is 0.936. The molecule has 1 aliphatic rings. The van der Waals surface area contributed by atoms with Gasteiger partial charge in [-0.1, -0.05) is 12.1 Å². The molecule has 1 atom stereocenters. The fraction of sp³-hybridized carbons (Fsp3) is 0.500. The molecule has 23 heavy (non-hydrogen) atoms. The Morgan fingerprint density at radius 3 is 2.96 bits per heavy atom. The number of anilines is 1. The molecule has 1 aliphatic heterocycles. The van der Waals surface area contributed by atoms with E-state index in [4.69, 9.17) is 4.74 Å². The lowest BCUT2D eigenvalue weighted by molar-refractivity contribution is -0.123. The van der Waals surface area contributed by atoms with Crippen molar-refractivity contribution < 1.29 is 9.53 Å². The lowest BCUT2D eigenvalue weighted by Gasteiger charge is -2.22. The van der Waals surface area contributed by atoms with E-state index in [9.17, 15) is 4.79 Å². The normalized spacial score (nSPS) is 18.1. The highest BCUT2D eigenvalue weighted by atomic mass is 16.5. The van der Waals surface area contributed by atoms with Crippen molar-refractivity contribution in [2.24, 2.45) is 5.92 Å². The van der Waals surface area contributed by atoms with Gasteiger partial charge >= 0.3 is 0 Å².